The van der Waals surface area contributed by atoms with E-state index in [1.807, 2.05) is 34.6 Å². The van der Waals surface area contributed by atoms with E-state index in [2.05, 4.69) is 0 Å². The standard InChI is InChI=1S/C16H29ClN2O3/c1-12(2)19(14(20)9-17)11-13-7-6-8-18(10-13)15(21)22-16(3,4)5/h12-13H,6-11H2,1-5H3. The molecule has 6 heteroatoms. The number of likely N-dealkylation sites (tertiary alicyclic amines) is 1. The Morgan fingerprint density at radius 3 is 2.50 bits per heavy atom. The van der Waals surface area contributed by atoms with Gasteiger partial charge in [0.2, 0.25) is 5.91 Å². The van der Waals surface area contributed by atoms with Gasteiger partial charge in [-0.25, -0.2) is 4.79 Å². The van der Waals surface area contributed by atoms with E-state index in [-0.39, 0.29) is 29.8 Å². The van der Waals surface area contributed by atoms with E-state index in [0.29, 0.717) is 13.1 Å². The number of carbonyl (C=O) groups excluding carboxylic acids is 2. The predicted octanol–water partition coefficient (Wildman–Crippen LogP) is 3.11. The first-order valence-corrected chi connectivity index (χ1v) is 8.51. The zero-order valence-electron chi connectivity index (χ0n) is 14.4. The first kappa shape index (κ1) is 19.1. The van der Waals surface area contributed by atoms with E-state index in [1.165, 1.54) is 0 Å². The van der Waals surface area contributed by atoms with Crippen molar-refractivity contribution in [1.29, 1.82) is 0 Å². The second-order valence-electron chi connectivity index (χ2n) is 7.21. The number of hydrogen-bond acceptors (Lipinski definition) is 3. The molecule has 1 aliphatic heterocycles. The normalized spacial score (nSPS) is 19.2. The average molecular weight is 333 g/mol. The van der Waals surface area contributed by atoms with Crippen molar-refractivity contribution in [3.63, 3.8) is 0 Å². The molecule has 0 bridgehead atoms. The minimum absolute atomic E-state index is 0.000675. The quantitative estimate of drug-likeness (QED) is 0.743. The maximum atomic E-state index is 12.2. The molecule has 1 aliphatic rings. The molecule has 0 aromatic rings. The number of carbonyl (C=O) groups is 2. The maximum Gasteiger partial charge on any atom is 0.410 e. The molecule has 2 amide bonds. The topological polar surface area (TPSA) is 49.9 Å². The average Bonchev–Trinajstić information content (AvgIpc) is 2.42. The Kier molecular flexibility index (Phi) is 6.98. The van der Waals surface area contributed by atoms with Crippen LogP contribution in [0.25, 0.3) is 0 Å². The fourth-order valence-corrected chi connectivity index (χ4v) is 2.82. The zero-order chi connectivity index (χ0) is 16.9. The van der Waals surface area contributed by atoms with Crippen molar-refractivity contribution in [2.45, 2.75) is 59.1 Å². The van der Waals surface area contributed by atoms with Crippen LogP contribution in [0.5, 0.6) is 0 Å². The minimum Gasteiger partial charge on any atom is -0.444 e. The molecule has 0 aliphatic carbocycles. The Balaban J connectivity index is 2.62. The number of ether oxygens (including phenoxy) is 1. The van der Waals surface area contributed by atoms with Crippen molar-refractivity contribution in [1.82, 2.24) is 9.80 Å². The fourth-order valence-electron chi connectivity index (χ4n) is 2.66. The molecule has 0 aromatic heterocycles. The Labute approximate surface area is 138 Å². The van der Waals surface area contributed by atoms with Gasteiger partial charge in [0.25, 0.3) is 0 Å². The molecule has 0 radical (unpaired) electrons. The van der Waals surface area contributed by atoms with Crippen molar-refractivity contribution in [2.75, 3.05) is 25.5 Å². The molecular weight excluding hydrogens is 304 g/mol. The number of amides is 2. The lowest BCUT2D eigenvalue weighted by molar-refractivity contribution is -0.131. The maximum absolute atomic E-state index is 12.2. The largest absolute Gasteiger partial charge is 0.444 e. The molecule has 22 heavy (non-hydrogen) atoms. The molecule has 1 saturated heterocycles. The van der Waals surface area contributed by atoms with Crippen molar-refractivity contribution in [3.8, 4) is 0 Å². The Bertz CT molecular complexity index is 393. The van der Waals surface area contributed by atoms with Gasteiger partial charge in [0.15, 0.2) is 0 Å². The molecule has 1 unspecified atom stereocenters. The highest BCUT2D eigenvalue weighted by Gasteiger charge is 2.29. The van der Waals surface area contributed by atoms with Crippen LogP contribution in [0.3, 0.4) is 0 Å². The van der Waals surface area contributed by atoms with Gasteiger partial charge in [0, 0.05) is 25.7 Å². The van der Waals surface area contributed by atoms with Crippen molar-refractivity contribution < 1.29 is 14.3 Å². The van der Waals surface area contributed by atoms with Crippen molar-refractivity contribution >= 4 is 23.6 Å². The molecule has 1 atom stereocenters. The third kappa shape index (κ3) is 6.03. The molecule has 5 nitrogen and oxygen atoms in total. The van der Waals surface area contributed by atoms with Gasteiger partial charge >= 0.3 is 6.09 Å². The highest BCUT2D eigenvalue weighted by molar-refractivity contribution is 6.27. The van der Waals surface area contributed by atoms with Gasteiger partial charge in [0.05, 0.1) is 0 Å². The van der Waals surface area contributed by atoms with E-state index < -0.39 is 5.60 Å². The van der Waals surface area contributed by atoms with Crippen LogP contribution in [0.2, 0.25) is 0 Å². The van der Waals surface area contributed by atoms with Crippen molar-refractivity contribution in [3.05, 3.63) is 0 Å². The molecule has 128 valence electrons. The molecule has 1 rings (SSSR count). The summed E-state index contributed by atoms with van der Waals surface area (Å²) in [5, 5.41) is 0. The lowest BCUT2D eigenvalue weighted by atomic mass is 9.97. The summed E-state index contributed by atoms with van der Waals surface area (Å²) in [5.41, 5.74) is -0.484. The highest BCUT2D eigenvalue weighted by atomic mass is 35.5. The molecule has 1 fully saturated rings. The van der Waals surface area contributed by atoms with Gasteiger partial charge in [0.1, 0.15) is 11.5 Å². The van der Waals surface area contributed by atoms with Crippen LogP contribution < -0.4 is 0 Å². The Hall–Kier alpha value is -0.970. The van der Waals surface area contributed by atoms with E-state index in [9.17, 15) is 9.59 Å². The summed E-state index contributed by atoms with van der Waals surface area (Å²) < 4.78 is 5.43. The number of rotatable bonds is 4. The SMILES string of the molecule is CC(C)N(CC1CCCN(C(=O)OC(C)(C)C)C1)C(=O)CCl. The number of piperidine rings is 1. The Morgan fingerprint density at radius 1 is 1.36 bits per heavy atom. The molecule has 0 saturated carbocycles. The number of halogens is 1. The van der Waals surface area contributed by atoms with Gasteiger partial charge < -0.3 is 14.5 Å². The van der Waals surface area contributed by atoms with Gasteiger partial charge in [-0.1, -0.05) is 0 Å². The summed E-state index contributed by atoms with van der Waals surface area (Å²) in [6.07, 6.45) is 1.68. The van der Waals surface area contributed by atoms with Crippen LogP contribution >= 0.6 is 11.6 Å². The van der Waals surface area contributed by atoms with Crippen LogP contribution in [0.1, 0.15) is 47.5 Å². The van der Waals surface area contributed by atoms with Crippen LogP contribution in [0.4, 0.5) is 4.79 Å². The smallest absolute Gasteiger partial charge is 0.410 e. The zero-order valence-corrected chi connectivity index (χ0v) is 15.2. The lowest BCUT2D eigenvalue weighted by Gasteiger charge is -2.37. The van der Waals surface area contributed by atoms with Crippen LogP contribution in [0, 0.1) is 5.92 Å². The Morgan fingerprint density at radius 2 is 2.00 bits per heavy atom. The summed E-state index contributed by atoms with van der Waals surface area (Å²) >= 11 is 5.68. The van der Waals surface area contributed by atoms with Gasteiger partial charge in [-0.3, -0.25) is 4.79 Å². The third-order valence-electron chi connectivity index (χ3n) is 3.68. The fraction of sp³-hybridized carbons (Fsp3) is 0.875. The minimum atomic E-state index is -0.484. The highest BCUT2D eigenvalue weighted by Crippen LogP contribution is 2.21. The molecular formula is C16H29ClN2O3. The summed E-state index contributed by atoms with van der Waals surface area (Å²) in [4.78, 5) is 27.6. The van der Waals surface area contributed by atoms with Crippen LogP contribution in [-0.2, 0) is 9.53 Å². The number of nitrogens with zero attached hydrogens (tertiary/aromatic N) is 2. The number of hydrogen-bond donors (Lipinski definition) is 0. The summed E-state index contributed by atoms with van der Waals surface area (Å²) in [6.45, 7) is 11.6. The molecule has 0 spiro atoms. The summed E-state index contributed by atoms with van der Waals surface area (Å²) in [5.74, 6) is 0.225. The second-order valence-corrected chi connectivity index (χ2v) is 7.48. The third-order valence-corrected chi connectivity index (χ3v) is 3.91. The first-order chi connectivity index (χ1) is 10.1. The molecule has 0 N–H and O–H groups in total. The predicted molar refractivity (Wildman–Crippen MR) is 88.1 cm³/mol. The lowest BCUT2D eigenvalue weighted by Crippen LogP contribution is -2.48. The van der Waals surface area contributed by atoms with Gasteiger partial charge in [-0.2, -0.15) is 0 Å². The number of alkyl halides is 1. The van der Waals surface area contributed by atoms with Crippen LogP contribution in [-0.4, -0.2) is 59.0 Å². The molecule has 1 heterocycles. The van der Waals surface area contributed by atoms with Gasteiger partial charge in [-0.15, -0.1) is 11.6 Å². The first-order valence-electron chi connectivity index (χ1n) is 7.97. The van der Waals surface area contributed by atoms with E-state index in [0.717, 1.165) is 19.4 Å². The van der Waals surface area contributed by atoms with Crippen molar-refractivity contribution in [2.24, 2.45) is 5.92 Å². The second kappa shape index (κ2) is 8.04. The van der Waals surface area contributed by atoms with Gasteiger partial charge in [-0.05, 0) is 53.4 Å². The van der Waals surface area contributed by atoms with E-state index >= 15 is 0 Å². The molecule has 0 aromatic carbocycles. The van der Waals surface area contributed by atoms with E-state index in [1.54, 1.807) is 9.80 Å². The summed E-state index contributed by atoms with van der Waals surface area (Å²) in [6, 6.07) is 0.114. The van der Waals surface area contributed by atoms with E-state index in [4.69, 9.17) is 16.3 Å². The summed E-state index contributed by atoms with van der Waals surface area (Å²) in [7, 11) is 0. The van der Waals surface area contributed by atoms with Crippen LogP contribution in [0.15, 0.2) is 0 Å². The monoisotopic (exact) mass is 332 g/mol.